The molecule has 118 valence electrons. The molecular weight excluding hydrogens is 334 g/mol. The van der Waals surface area contributed by atoms with Crippen LogP contribution in [0, 0.1) is 6.92 Å². The van der Waals surface area contributed by atoms with Crippen LogP contribution in [-0.4, -0.2) is 26.3 Å². The van der Waals surface area contributed by atoms with Crippen molar-refractivity contribution < 1.29 is 4.79 Å². The highest BCUT2D eigenvalue weighted by atomic mass is 35.5. The number of aromatic nitrogens is 3. The second kappa shape index (κ2) is 6.47. The van der Waals surface area contributed by atoms with E-state index in [9.17, 15) is 4.79 Å². The van der Waals surface area contributed by atoms with Gasteiger partial charge >= 0.3 is 0 Å². The average molecular weight is 348 g/mol. The van der Waals surface area contributed by atoms with E-state index < -0.39 is 0 Å². The van der Waals surface area contributed by atoms with Gasteiger partial charge < -0.3 is 11.1 Å². The molecule has 23 heavy (non-hydrogen) atoms. The molecule has 2 aromatic heterocycles. The molecule has 3 rings (SSSR count). The van der Waals surface area contributed by atoms with Gasteiger partial charge in [0.05, 0.1) is 5.75 Å². The SMILES string of the molecule is Cc1cc(Cl)ccc1NC(=O)CSc1nnc2ccc(N)cn12. The first kappa shape index (κ1) is 15.6. The number of nitrogens with two attached hydrogens (primary N) is 1. The van der Waals surface area contributed by atoms with E-state index in [1.165, 1.54) is 11.8 Å². The summed E-state index contributed by atoms with van der Waals surface area (Å²) in [4.78, 5) is 12.1. The second-order valence-corrected chi connectivity index (χ2v) is 6.35. The Balaban J connectivity index is 1.67. The topological polar surface area (TPSA) is 85.3 Å². The van der Waals surface area contributed by atoms with Gasteiger partial charge in [0, 0.05) is 22.6 Å². The van der Waals surface area contributed by atoms with Gasteiger partial charge in [-0.3, -0.25) is 9.20 Å². The normalized spacial score (nSPS) is 10.9. The van der Waals surface area contributed by atoms with E-state index in [4.69, 9.17) is 17.3 Å². The number of hydrogen-bond acceptors (Lipinski definition) is 5. The number of halogens is 1. The molecule has 0 saturated carbocycles. The minimum absolute atomic E-state index is 0.124. The van der Waals surface area contributed by atoms with Gasteiger partial charge in [0.15, 0.2) is 10.8 Å². The van der Waals surface area contributed by atoms with Crippen molar-refractivity contribution in [3.8, 4) is 0 Å². The summed E-state index contributed by atoms with van der Waals surface area (Å²) in [6, 6.07) is 8.87. The molecule has 0 aliphatic rings. The number of benzene rings is 1. The van der Waals surface area contributed by atoms with Crippen molar-refractivity contribution in [2.75, 3.05) is 16.8 Å². The quantitative estimate of drug-likeness (QED) is 0.708. The molecule has 3 N–H and O–H groups in total. The summed E-state index contributed by atoms with van der Waals surface area (Å²) in [5.74, 6) is 0.0959. The van der Waals surface area contributed by atoms with Gasteiger partial charge in [-0.25, -0.2) is 0 Å². The van der Waals surface area contributed by atoms with Gasteiger partial charge in [0.1, 0.15) is 0 Å². The average Bonchev–Trinajstić information content (AvgIpc) is 2.90. The van der Waals surface area contributed by atoms with E-state index in [1.807, 2.05) is 6.92 Å². The van der Waals surface area contributed by atoms with E-state index in [1.54, 1.807) is 40.9 Å². The number of pyridine rings is 1. The lowest BCUT2D eigenvalue weighted by Gasteiger charge is -2.08. The zero-order valence-corrected chi connectivity index (χ0v) is 13.9. The van der Waals surface area contributed by atoms with Crippen molar-refractivity contribution in [1.82, 2.24) is 14.6 Å². The number of hydrogen-bond donors (Lipinski definition) is 2. The van der Waals surface area contributed by atoms with Crippen molar-refractivity contribution in [3.63, 3.8) is 0 Å². The van der Waals surface area contributed by atoms with Crippen molar-refractivity contribution >= 4 is 46.3 Å². The number of rotatable bonds is 4. The first-order chi connectivity index (χ1) is 11.0. The number of nitrogen functional groups attached to an aromatic ring is 1. The van der Waals surface area contributed by atoms with Gasteiger partial charge in [-0.15, -0.1) is 10.2 Å². The van der Waals surface area contributed by atoms with E-state index in [0.29, 0.717) is 21.5 Å². The number of thioether (sulfide) groups is 1. The van der Waals surface area contributed by atoms with E-state index in [-0.39, 0.29) is 11.7 Å². The predicted molar refractivity (Wildman–Crippen MR) is 92.9 cm³/mol. The minimum Gasteiger partial charge on any atom is -0.398 e. The van der Waals surface area contributed by atoms with Gasteiger partial charge in [-0.05, 0) is 42.8 Å². The highest BCUT2D eigenvalue weighted by Gasteiger charge is 2.10. The van der Waals surface area contributed by atoms with Crippen LogP contribution >= 0.6 is 23.4 Å². The van der Waals surface area contributed by atoms with Crippen LogP contribution in [0.2, 0.25) is 5.02 Å². The van der Waals surface area contributed by atoms with Crippen molar-refractivity contribution in [2.45, 2.75) is 12.1 Å². The number of fused-ring (bicyclic) bond motifs is 1. The summed E-state index contributed by atoms with van der Waals surface area (Å²) in [7, 11) is 0. The lowest BCUT2D eigenvalue weighted by atomic mass is 10.2. The number of amides is 1. The van der Waals surface area contributed by atoms with Crippen molar-refractivity contribution in [3.05, 3.63) is 47.1 Å². The lowest BCUT2D eigenvalue weighted by molar-refractivity contribution is -0.113. The molecule has 0 bridgehead atoms. The summed E-state index contributed by atoms with van der Waals surface area (Å²) in [5.41, 5.74) is 8.72. The molecule has 0 aliphatic heterocycles. The van der Waals surface area contributed by atoms with Gasteiger partial charge in [0.25, 0.3) is 0 Å². The standard InChI is InChI=1S/C15H14ClN5OS/c1-9-6-10(16)2-4-12(9)18-14(22)8-23-15-20-19-13-5-3-11(17)7-21(13)15/h2-7H,8,17H2,1H3,(H,18,22). The van der Waals surface area contributed by atoms with Crippen molar-refractivity contribution in [1.29, 1.82) is 0 Å². The zero-order chi connectivity index (χ0) is 16.4. The van der Waals surface area contributed by atoms with Gasteiger partial charge in [0.2, 0.25) is 5.91 Å². The molecule has 1 aromatic carbocycles. The largest absolute Gasteiger partial charge is 0.398 e. The molecule has 1 amide bonds. The van der Waals surface area contributed by atoms with Crippen LogP contribution in [0.4, 0.5) is 11.4 Å². The summed E-state index contributed by atoms with van der Waals surface area (Å²) < 4.78 is 1.76. The predicted octanol–water partition coefficient (Wildman–Crippen LogP) is 3.00. The monoisotopic (exact) mass is 347 g/mol. The maximum atomic E-state index is 12.1. The Bertz CT molecular complexity index is 879. The maximum absolute atomic E-state index is 12.1. The van der Waals surface area contributed by atoms with Crippen LogP contribution in [-0.2, 0) is 4.79 Å². The third-order valence-corrected chi connectivity index (χ3v) is 4.37. The minimum atomic E-state index is -0.124. The van der Waals surface area contributed by atoms with E-state index in [0.717, 1.165) is 11.3 Å². The number of nitrogens with zero attached hydrogens (tertiary/aromatic N) is 3. The molecule has 3 aromatic rings. The molecule has 6 nitrogen and oxygen atoms in total. The molecule has 0 atom stereocenters. The third kappa shape index (κ3) is 3.57. The molecule has 8 heteroatoms. The smallest absolute Gasteiger partial charge is 0.234 e. The van der Waals surface area contributed by atoms with Gasteiger partial charge in [-0.2, -0.15) is 0 Å². The number of aryl methyl sites for hydroxylation is 1. The molecular formula is C15H14ClN5OS. The molecule has 0 aliphatic carbocycles. The Morgan fingerprint density at radius 3 is 2.96 bits per heavy atom. The number of carbonyl (C=O) groups is 1. The lowest BCUT2D eigenvalue weighted by Crippen LogP contribution is -2.15. The van der Waals surface area contributed by atoms with Crippen LogP contribution in [0.15, 0.2) is 41.7 Å². The molecule has 2 heterocycles. The molecule has 0 spiro atoms. The number of anilines is 2. The Morgan fingerprint density at radius 2 is 2.17 bits per heavy atom. The first-order valence-corrected chi connectivity index (χ1v) is 8.18. The van der Waals surface area contributed by atoms with Crippen LogP contribution in [0.3, 0.4) is 0 Å². The van der Waals surface area contributed by atoms with E-state index >= 15 is 0 Å². The maximum Gasteiger partial charge on any atom is 0.234 e. The van der Waals surface area contributed by atoms with Crippen LogP contribution in [0.25, 0.3) is 5.65 Å². The Morgan fingerprint density at radius 1 is 1.35 bits per heavy atom. The molecule has 0 fully saturated rings. The molecule has 0 radical (unpaired) electrons. The fourth-order valence-electron chi connectivity index (χ4n) is 2.07. The highest BCUT2D eigenvalue weighted by Crippen LogP contribution is 2.21. The van der Waals surface area contributed by atoms with Crippen LogP contribution in [0.5, 0.6) is 0 Å². The Hall–Kier alpha value is -2.25. The summed E-state index contributed by atoms with van der Waals surface area (Å²) >= 11 is 7.20. The fourth-order valence-corrected chi connectivity index (χ4v) is 3.01. The third-order valence-electron chi connectivity index (χ3n) is 3.19. The van der Waals surface area contributed by atoms with Crippen LogP contribution in [0.1, 0.15) is 5.56 Å². The second-order valence-electron chi connectivity index (χ2n) is 4.97. The Labute approximate surface area is 142 Å². The van der Waals surface area contributed by atoms with Crippen LogP contribution < -0.4 is 11.1 Å². The highest BCUT2D eigenvalue weighted by molar-refractivity contribution is 7.99. The summed E-state index contributed by atoms with van der Waals surface area (Å²) in [6.07, 6.45) is 1.74. The Kier molecular flexibility index (Phi) is 4.40. The van der Waals surface area contributed by atoms with Gasteiger partial charge in [-0.1, -0.05) is 23.4 Å². The summed E-state index contributed by atoms with van der Waals surface area (Å²) in [5, 5.41) is 12.2. The zero-order valence-electron chi connectivity index (χ0n) is 12.3. The number of carbonyl (C=O) groups excluding carboxylic acids is 1. The molecule has 0 saturated heterocycles. The number of nitrogens with one attached hydrogen (secondary N) is 1. The van der Waals surface area contributed by atoms with Crippen molar-refractivity contribution in [2.24, 2.45) is 0 Å². The van der Waals surface area contributed by atoms with E-state index in [2.05, 4.69) is 15.5 Å². The molecule has 0 unspecified atom stereocenters. The first-order valence-electron chi connectivity index (χ1n) is 6.82. The summed E-state index contributed by atoms with van der Waals surface area (Å²) in [6.45, 7) is 1.89. The fraction of sp³-hybridized carbons (Fsp3) is 0.133.